The van der Waals surface area contributed by atoms with Crippen LogP contribution in [-0.4, -0.2) is 17.0 Å². The highest BCUT2D eigenvalue weighted by Gasteiger charge is 2.32. The average molecular weight is 308 g/mol. The van der Waals surface area contributed by atoms with Crippen molar-refractivity contribution in [3.8, 4) is 18.2 Å². The Morgan fingerprint density at radius 1 is 0.783 bits per heavy atom. The highest BCUT2D eigenvalue weighted by molar-refractivity contribution is 5.54. The van der Waals surface area contributed by atoms with Gasteiger partial charge in [0.05, 0.1) is 5.57 Å². The Balaban J connectivity index is 2.46. The molecule has 0 aromatic heterocycles. The normalized spacial score (nSPS) is 19.4. The molecule has 0 bridgehead atoms. The summed E-state index contributed by atoms with van der Waals surface area (Å²) in [5.41, 5.74) is 2.00. The van der Waals surface area contributed by atoms with E-state index >= 15 is 0 Å². The first-order valence-corrected chi connectivity index (χ1v) is 8.54. The summed E-state index contributed by atoms with van der Waals surface area (Å²) in [5.74, 6) is 0. The maximum Gasteiger partial charge on any atom is 0.133 e. The second-order valence-electron chi connectivity index (χ2n) is 6.58. The third-order valence-corrected chi connectivity index (χ3v) is 5.27. The molecule has 23 heavy (non-hydrogen) atoms. The quantitative estimate of drug-likeness (QED) is 0.572. The average Bonchev–Trinajstić information content (AvgIpc) is 3.24. The Bertz CT molecular complexity index is 592. The summed E-state index contributed by atoms with van der Waals surface area (Å²) >= 11 is 0. The minimum absolute atomic E-state index is 0.0405. The van der Waals surface area contributed by atoms with Crippen LogP contribution in [0.1, 0.15) is 65.2 Å². The zero-order valence-electron chi connectivity index (χ0n) is 14.1. The van der Waals surface area contributed by atoms with Gasteiger partial charge < -0.3 is 4.90 Å². The molecule has 2 aliphatic rings. The van der Waals surface area contributed by atoms with E-state index in [0.717, 1.165) is 5.70 Å². The van der Waals surface area contributed by atoms with E-state index in [9.17, 15) is 5.26 Å². The lowest BCUT2D eigenvalue weighted by atomic mass is 9.99. The van der Waals surface area contributed by atoms with Crippen LogP contribution in [0.3, 0.4) is 0 Å². The van der Waals surface area contributed by atoms with Crippen molar-refractivity contribution in [3.05, 3.63) is 22.4 Å². The summed E-state index contributed by atoms with van der Waals surface area (Å²) in [4.78, 5) is 2.45. The maximum absolute atomic E-state index is 9.65. The van der Waals surface area contributed by atoms with Crippen LogP contribution in [0.2, 0.25) is 0 Å². The molecule has 0 unspecified atom stereocenters. The lowest BCUT2D eigenvalue weighted by Gasteiger charge is -2.38. The van der Waals surface area contributed by atoms with E-state index in [2.05, 4.69) is 11.0 Å². The third-order valence-electron chi connectivity index (χ3n) is 5.27. The first-order chi connectivity index (χ1) is 11.1. The molecule has 4 nitrogen and oxygen atoms in total. The fourth-order valence-corrected chi connectivity index (χ4v) is 4.09. The largest absolute Gasteiger partial charge is 0.368 e. The highest BCUT2D eigenvalue weighted by atomic mass is 15.2. The van der Waals surface area contributed by atoms with Gasteiger partial charge in [0.2, 0.25) is 0 Å². The molecule has 2 rings (SSSR count). The standard InChI is InChI=1S/C19H24N4/c1-14(16(11-20)12-21)19(13-22)15(2)23(17-7-3-4-8-17)18-9-5-6-10-18/h17-18H,3-10H2,1-2H3/b19-15+. The second-order valence-corrected chi connectivity index (χ2v) is 6.58. The number of hydrogen-bond acceptors (Lipinski definition) is 4. The van der Waals surface area contributed by atoms with Crippen molar-refractivity contribution in [2.24, 2.45) is 0 Å². The van der Waals surface area contributed by atoms with Crippen molar-refractivity contribution in [1.82, 2.24) is 4.90 Å². The zero-order chi connectivity index (χ0) is 16.8. The van der Waals surface area contributed by atoms with E-state index in [1.165, 1.54) is 51.4 Å². The Morgan fingerprint density at radius 2 is 1.22 bits per heavy atom. The molecule has 0 aliphatic heterocycles. The molecule has 0 aromatic rings. The minimum atomic E-state index is 0.0405. The van der Waals surface area contributed by atoms with Gasteiger partial charge in [-0.05, 0) is 45.1 Å². The number of allylic oxidation sites excluding steroid dienone is 4. The van der Waals surface area contributed by atoms with Crippen molar-refractivity contribution >= 4 is 0 Å². The van der Waals surface area contributed by atoms with Crippen LogP contribution in [0.15, 0.2) is 22.4 Å². The van der Waals surface area contributed by atoms with Crippen LogP contribution >= 0.6 is 0 Å². The van der Waals surface area contributed by atoms with Gasteiger partial charge in [-0.2, -0.15) is 15.8 Å². The van der Waals surface area contributed by atoms with Crippen LogP contribution in [0.25, 0.3) is 0 Å². The van der Waals surface area contributed by atoms with Crippen LogP contribution in [0.5, 0.6) is 0 Å². The topological polar surface area (TPSA) is 74.6 Å². The summed E-state index contributed by atoms with van der Waals surface area (Å²) in [6, 6.07) is 7.09. The molecule has 0 N–H and O–H groups in total. The molecule has 0 spiro atoms. The van der Waals surface area contributed by atoms with Crippen molar-refractivity contribution in [1.29, 1.82) is 15.8 Å². The molecule has 0 aromatic carbocycles. The molecule has 4 heteroatoms. The van der Waals surface area contributed by atoms with Crippen LogP contribution < -0.4 is 0 Å². The second kappa shape index (κ2) is 7.85. The van der Waals surface area contributed by atoms with Gasteiger partial charge in [-0.25, -0.2) is 0 Å². The van der Waals surface area contributed by atoms with E-state index in [0.29, 0.717) is 23.2 Å². The lowest BCUT2D eigenvalue weighted by molar-refractivity contribution is 0.186. The molecular formula is C19H24N4. The van der Waals surface area contributed by atoms with Gasteiger partial charge in [-0.15, -0.1) is 0 Å². The van der Waals surface area contributed by atoms with Crippen LogP contribution in [0, 0.1) is 34.0 Å². The van der Waals surface area contributed by atoms with Gasteiger partial charge in [-0.1, -0.05) is 25.7 Å². The van der Waals surface area contributed by atoms with Crippen LogP contribution in [0.4, 0.5) is 0 Å². The van der Waals surface area contributed by atoms with Crippen molar-refractivity contribution in [3.63, 3.8) is 0 Å². The Labute approximate surface area is 139 Å². The van der Waals surface area contributed by atoms with Crippen molar-refractivity contribution < 1.29 is 0 Å². The number of nitriles is 3. The van der Waals surface area contributed by atoms with Gasteiger partial charge in [0.15, 0.2) is 0 Å². The predicted molar refractivity (Wildman–Crippen MR) is 88.6 cm³/mol. The number of rotatable bonds is 4. The van der Waals surface area contributed by atoms with Crippen molar-refractivity contribution in [2.75, 3.05) is 0 Å². The SMILES string of the molecule is CC(=C(C#N)C#N)/C(C#N)=C(\C)N(C1CCCC1)C1CCCC1. The summed E-state index contributed by atoms with van der Waals surface area (Å²) in [5, 5.41) is 27.9. The van der Waals surface area contributed by atoms with E-state index in [-0.39, 0.29) is 5.57 Å². The fourth-order valence-electron chi connectivity index (χ4n) is 4.09. The predicted octanol–water partition coefficient (Wildman–Crippen LogP) is 4.33. The Kier molecular flexibility index (Phi) is 5.84. The maximum atomic E-state index is 9.65. The number of hydrogen-bond donors (Lipinski definition) is 0. The molecule has 120 valence electrons. The van der Waals surface area contributed by atoms with Gasteiger partial charge in [-0.3, -0.25) is 0 Å². The first-order valence-electron chi connectivity index (χ1n) is 8.54. The Morgan fingerprint density at radius 3 is 1.57 bits per heavy atom. The molecule has 0 heterocycles. The smallest absolute Gasteiger partial charge is 0.133 e. The lowest BCUT2D eigenvalue weighted by Crippen LogP contribution is -2.39. The van der Waals surface area contributed by atoms with Gasteiger partial charge >= 0.3 is 0 Å². The third kappa shape index (κ3) is 3.57. The van der Waals surface area contributed by atoms with E-state index in [1.807, 2.05) is 19.1 Å². The zero-order valence-corrected chi connectivity index (χ0v) is 14.1. The summed E-state index contributed by atoms with van der Waals surface area (Å²) in [6.07, 6.45) is 9.72. The summed E-state index contributed by atoms with van der Waals surface area (Å²) < 4.78 is 0. The monoisotopic (exact) mass is 308 g/mol. The van der Waals surface area contributed by atoms with E-state index < -0.39 is 0 Å². The van der Waals surface area contributed by atoms with Gasteiger partial charge in [0.1, 0.15) is 23.8 Å². The molecule has 2 aliphatic carbocycles. The minimum Gasteiger partial charge on any atom is -0.368 e. The number of nitrogens with zero attached hydrogens (tertiary/aromatic N) is 4. The van der Waals surface area contributed by atoms with Gasteiger partial charge in [0, 0.05) is 17.8 Å². The Hall–Kier alpha value is -2.25. The molecule has 0 saturated heterocycles. The van der Waals surface area contributed by atoms with Gasteiger partial charge in [0.25, 0.3) is 0 Å². The molecule has 2 fully saturated rings. The fraction of sp³-hybridized carbons (Fsp3) is 0.632. The molecule has 2 saturated carbocycles. The van der Waals surface area contributed by atoms with E-state index in [1.54, 1.807) is 6.92 Å². The highest BCUT2D eigenvalue weighted by Crippen LogP contribution is 2.36. The van der Waals surface area contributed by atoms with E-state index in [4.69, 9.17) is 10.5 Å². The molecule has 0 amide bonds. The first kappa shape index (κ1) is 17.1. The molecule has 0 atom stereocenters. The summed E-state index contributed by atoms with van der Waals surface area (Å²) in [7, 11) is 0. The van der Waals surface area contributed by atoms with Crippen LogP contribution in [-0.2, 0) is 0 Å². The molecule has 0 radical (unpaired) electrons. The van der Waals surface area contributed by atoms with Crippen molar-refractivity contribution in [2.45, 2.75) is 77.3 Å². The summed E-state index contributed by atoms with van der Waals surface area (Å²) in [6.45, 7) is 3.70. The molecular weight excluding hydrogens is 284 g/mol.